The lowest BCUT2D eigenvalue weighted by molar-refractivity contribution is 1.10. The van der Waals surface area contributed by atoms with Gasteiger partial charge in [0, 0.05) is 28.5 Å². The van der Waals surface area contributed by atoms with E-state index in [0.29, 0.717) is 0 Å². The Hall–Kier alpha value is -3.52. The second kappa shape index (κ2) is 7.79. The molecule has 0 aliphatic heterocycles. The van der Waals surface area contributed by atoms with Crippen molar-refractivity contribution in [3.05, 3.63) is 108 Å². The van der Waals surface area contributed by atoms with Gasteiger partial charge in [-0.25, -0.2) is 0 Å². The molecule has 0 saturated carbocycles. The number of nitrogens with zero attached hydrogens (tertiary/aromatic N) is 1. The number of para-hydroxylation sites is 3. The van der Waals surface area contributed by atoms with Gasteiger partial charge in [0.2, 0.25) is 0 Å². The number of benzene rings is 3. The van der Waals surface area contributed by atoms with E-state index < -0.39 is 0 Å². The van der Waals surface area contributed by atoms with E-state index in [1.165, 1.54) is 16.5 Å². The molecule has 0 bridgehead atoms. The van der Waals surface area contributed by atoms with Crippen LogP contribution in [0, 0.1) is 0 Å². The van der Waals surface area contributed by atoms with Crippen LogP contribution in [0.4, 0.5) is 5.69 Å². The van der Waals surface area contributed by atoms with Crippen molar-refractivity contribution in [1.82, 2.24) is 4.57 Å². The van der Waals surface area contributed by atoms with Gasteiger partial charge in [0.25, 0.3) is 0 Å². The number of aromatic nitrogens is 1. The van der Waals surface area contributed by atoms with Gasteiger partial charge in [0.05, 0.1) is 11.2 Å². The van der Waals surface area contributed by atoms with Crippen LogP contribution in [0.1, 0.15) is 18.2 Å². The van der Waals surface area contributed by atoms with E-state index in [9.17, 15) is 0 Å². The molecule has 132 valence electrons. The van der Waals surface area contributed by atoms with Crippen LogP contribution < -0.4 is 5.32 Å². The first-order valence-electron chi connectivity index (χ1n) is 9.18. The minimum absolute atomic E-state index is 1.07. The van der Waals surface area contributed by atoms with Gasteiger partial charge >= 0.3 is 0 Å². The van der Waals surface area contributed by atoms with Crippen LogP contribution in [0.25, 0.3) is 28.7 Å². The van der Waals surface area contributed by atoms with E-state index in [-0.39, 0.29) is 0 Å². The fourth-order valence-electron chi connectivity index (χ4n) is 3.40. The normalized spacial score (nSPS) is 11.6. The van der Waals surface area contributed by atoms with Crippen molar-refractivity contribution < 1.29 is 0 Å². The first-order valence-corrected chi connectivity index (χ1v) is 9.18. The molecule has 2 heteroatoms. The van der Waals surface area contributed by atoms with Gasteiger partial charge in [0.15, 0.2) is 0 Å². The van der Waals surface area contributed by atoms with E-state index >= 15 is 0 Å². The van der Waals surface area contributed by atoms with Crippen LogP contribution in [0.15, 0.2) is 97.2 Å². The predicted molar refractivity (Wildman–Crippen MR) is 117 cm³/mol. The third kappa shape index (κ3) is 3.42. The summed E-state index contributed by atoms with van der Waals surface area (Å²) in [5.41, 5.74) is 5.82. The number of hydrogen-bond acceptors (Lipinski definition) is 1. The molecular formula is C25H22N2. The molecule has 4 aromatic rings. The average Bonchev–Trinajstić information content (AvgIpc) is 3.03. The van der Waals surface area contributed by atoms with Crippen LogP contribution >= 0.6 is 0 Å². The van der Waals surface area contributed by atoms with Gasteiger partial charge in [-0.15, -0.1) is 0 Å². The standard InChI is InChI=1S/C25H22N2/c1-2-11-22-23-16-9-10-17-24(23)27(21-14-7-4-8-15-21)25(22)18-19-26-20-12-5-3-6-13-20/h2-19,26H,1H3/b11-2-,19-18+. The van der Waals surface area contributed by atoms with Crippen molar-refractivity contribution in [2.24, 2.45) is 0 Å². The highest BCUT2D eigenvalue weighted by Crippen LogP contribution is 2.31. The van der Waals surface area contributed by atoms with Crippen molar-refractivity contribution in [2.75, 3.05) is 5.32 Å². The number of anilines is 1. The van der Waals surface area contributed by atoms with Crippen molar-refractivity contribution in [1.29, 1.82) is 0 Å². The SMILES string of the molecule is C/C=C\c1c(/C=C/Nc2ccccc2)n(-c2ccccc2)c2ccccc12. The van der Waals surface area contributed by atoms with Crippen LogP contribution in [0.3, 0.4) is 0 Å². The van der Waals surface area contributed by atoms with Gasteiger partial charge < -0.3 is 9.88 Å². The monoisotopic (exact) mass is 350 g/mol. The lowest BCUT2D eigenvalue weighted by atomic mass is 10.1. The highest BCUT2D eigenvalue weighted by atomic mass is 15.0. The lowest BCUT2D eigenvalue weighted by Crippen LogP contribution is -1.97. The zero-order valence-electron chi connectivity index (χ0n) is 15.3. The Bertz CT molecular complexity index is 1090. The fourth-order valence-corrected chi connectivity index (χ4v) is 3.40. The maximum atomic E-state index is 3.37. The molecule has 0 fully saturated rings. The van der Waals surface area contributed by atoms with Crippen LogP contribution in [-0.4, -0.2) is 4.57 Å². The third-order valence-electron chi connectivity index (χ3n) is 4.56. The molecular weight excluding hydrogens is 328 g/mol. The molecule has 1 N–H and O–H groups in total. The van der Waals surface area contributed by atoms with E-state index in [4.69, 9.17) is 0 Å². The molecule has 0 radical (unpaired) electrons. The fraction of sp³-hybridized carbons (Fsp3) is 0.0400. The largest absolute Gasteiger partial charge is 0.362 e. The van der Waals surface area contributed by atoms with Gasteiger partial charge in [0.1, 0.15) is 0 Å². The Morgan fingerprint density at radius 3 is 2.15 bits per heavy atom. The van der Waals surface area contributed by atoms with Crippen LogP contribution in [0.2, 0.25) is 0 Å². The quantitative estimate of drug-likeness (QED) is 0.421. The smallest absolute Gasteiger partial charge is 0.0555 e. The maximum Gasteiger partial charge on any atom is 0.0555 e. The molecule has 0 spiro atoms. The lowest BCUT2D eigenvalue weighted by Gasteiger charge is -2.09. The summed E-state index contributed by atoms with van der Waals surface area (Å²) in [5.74, 6) is 0. The van der Waals surface area contributed by atoms with Gasteiger partial charge in [-0.3, -0.25) is 0 Å². The second-order valence-corrected chi connectivity index (χ2v) is 6.33. The van der Waals surface area contributed by atoms with Gasteiger partial charge in [-0.2, -0.15) is 0 Å². The summed E-state index contributed by atoms with van der Waals surface area (Å²) >= 11 is 0. The molecule has 0 aliphatic carbocycles. The Morgan fingerprint density at radius 1 is 0.741 bits per heavy atom. The molecule has 2 nitrogen and oxygen atoms in total. The zero-order chi connectivity index (χ0) is 18.5. The summed E-state index contributed by atoms with van der Waals surface area (Å²) in [5, 5.41) is 4.62. The summed E-state index contributed by atoms with van der Waals surface area (Å²) in [6.07, 6.45) is 8.44. The Labute approximate surface area is 160 Å². The van der Waals surface area contributed by atoms with Gasteiger partial charge in [-0.1, -0.05) is 66.7 Å². The van der Waals surface area contributed by atoms with Crippen LogP contribution in [0.5, 0.6) is 0 Å². The maximum absolute atomic E-state index is 3.37. The summed E-state index contributed by atoms with van der Waals surface area (Å²) < 4.78 is 2.31. The Morgan fingerprint density at radius 2 is 1.41 bits per heavy atom. The molecule has 3 aromatic carbocycles. The second-order valence-electron chi connectivity index (χ2n) is 6.33. The van der Waals surface area contributed by atoms with E-state index in [0.717, 1.165) is 17.1 Å². The highest BCUT2D eigenvalue weighted by molar-refractivity contribution is 5.95. The first kappa shape index (κ1) is 16.9. The summed E-state index contributed by atoms with van der Waals surface area (Å²) in [4.78, 5) is 0. The number of rotatable bonds is 5. The number of nitrogens with one attached hydrogen (secondary N) is 1. The predicted octanol–water partition coefficient (Wildman–Crippen LogP) is 6.75. The highest BCUT2D eigenvalue weighted by Gasteiger charge is 2.14. The summed E-state index contributed by atoms with van der Waals surface area (Å²) in [7, 11) is 0. The molecule has 0 saturated heterocycles. The zero-order valence-corrected chi connectivity index (χ0v) is 15.3. The summed E-state index contributed by atoms with van der Waals surface area (Å²) in [6.45, 7) is 2.06. The molecule has 27 heavy (non-hydrogen) atoms. The number of fused-ring (bicyclic) bond motifs is 1. The third-order valence-corrected chi connectivity index (χ3v) is 4.56. The molecule has 0 aliphatic rings. The van der Waals surface area contributed by atoms with Crippen molar-refractivity contribution in [2.45, 2.75) is 6.92 Å². The molecule has 1 aromatic heterocycles. The minimum Gasteiger partial charge on any atom is -0.362 e. The minimum atomic E-state index is 1.07. The van der Waals surface area contributed by atoms with E-state index in [1.807, 2.05) is 24.4 Å². The Balaban J connectivity index is 1.88. The van der Waals surface area contributed by atoms with E-state index in [1.54, 1.807) is 0 Å². The van der Waals surface area contributed by atoms with Crippen molar-refractivity contribution in [3.63, 3.8) is 0 Å². The molecule has 0 unspecified atom stereocenters. The number of hydrogen-bond donors (Lipinski definition) is 1. The van der Waals surface area contributed by atoms with Gasteiger partial charge in [-0.05, 0) is 43.3 Å². The topological polar surface area (TPSA) is 17.0 Å². The van der Waals surface area contributed by atoms with E-state index in [2.05, 4.69) is 102 Å². The Kier molecular flexibility index (Phi) is 4.88. The first-order chi connectivity index (χ1) is 13.4. The van der Waals surface area contributed by atoms with Crippen molar-refractivity contribution >= 4 is 28.7 Å². The van der Waals surface area contributed by atoms with Crippen molar-refractivity contribution in [3.8, 4) is 5.69 Å². The molecule has 0 atom stereocenters. The summed E-state index contributed by atoms with van der Waals surface area (Å²) in [6, 6.07) is 29.3. The number of allylic oxidation sites excluding steroid dienone is 1. The molecule has 1 heterocycles. The average molecular weight is 350 g/mol. The molecule has 4 rings (SSSR count). The van der Waals surface area contributed by atoms with Crippen LogP contribution in [-0.2, 0) is 0 Å². The molecule has 0 amide bonds.